The average Bonchev–Trinajstić information content (AvgIpc) is 2.84. The SMILES string of the molecule is CCc1nc2cc(N)ccc2n1CC1CN(CC)CCO1. The fourth-order valence-electron chi connectivity index (χ4n) is 3.05. The zero-order valence-electron chi connectivity index (χ0n) is 12.9. The number of rotatable bonds is 4. The lowest BCUT2D eigenvalue weighted by atomic mass is 10.2. The van der Waals surface area contributed by atoms with Gasteiger partial charge in [-0.1, -0.05) is 13.8 Å². The van der Waals surface area contributed by atoms with E-state index in [0.29, 0.717) is 0 Å². The molecule has 0 radical (unpaired) electrons. The van der Waals surface area contributed by atoms with E-state index in [4.69, 9.17) is 15.5 Å². The fraction of sp³-hybridized carbons (Fsp3) is 0.562. The lowest BCUT2D eigenvalue weighted by Gasteiger charge is -2.32. The van der Waals surface area contributed by atoms with Crippen LogP contribution in [-0.4, -0.2) is 46.8 Å². The topological polar surface area (TPSA) is 56.3 Å². The highest BCUT2D eigenvalue weighted by atomic mass is 16.5. The number of benzene rings is 1. The second-order valence-corrected chi connectivity index (χ2v) is 5.63. The van der Waals surface area contributed by atoms with Gasteiger partial charge in [-0.15, -0.1) is 0 Å². The van der Waals surface area contributed by atoms with E-state index >= 15 is 0 Å². The van der Waals surface area contributed by atoms with E-state index in [2.05, 4.69) is 29.4 Å². The Bertz CT molecular complexity index is 622. The molecule has 0 saturated carbocycles. The molecule has 0 spiro atoms. The summed E-state index contributed by atoms with van der Waals surface area (Å²) in [5.41, 5.74) is 8.76. The summed E-state index contributed by atoms with van der Waals surface area (Å²) in [5.74, 6) is 1.10. The number of fused-ring (bicyclic) bond motifs is 1. The molecule has 2 N–H and O–H groups in total. The van der Waals surface area contributed by atoms with Crippen LogP contribution in [-0.2, 0) is 17.7 Å². The van der Waals surface area contributed by atoms with Crippen molar-refractivity contribution in [2.24, 2.45) is 0 Å². The Kier molecular flexibility index (Phi) is 4.12. The molecule has 5 nitrogen and oxygen atoms in total. The largest absolute Gasteiger partial charge is 0.399 e. The number of hydrogen-bond acceptors (Lipinski definition) is 4. The molecule has 1 aromatic carbocycles. The van der Waals surface area contributed by atoms with Gasteiger partial charge in [0.15, 0.2) is 0 Å². The Hall–Kier alpha value is -1.59. The molecule has 114 valence electrons. The average molecular weight is 288 g/mol. The minimum absolute atomic E-state index is 0.235. The van der Waals surface area contributed by atoms with Crippen LogP contribution in [0.3, 0.4) is 0 Å². The fourth-order valence-corrected chi connectivity index (χ4v) is 3.05. The monoisotopic (exact) mass is 288 g/mol. The minimum Gasteiger partial charge on any atom is -0.399 e. The van der Waals surface area contributed by atoms with Gasteiger partial charge in [-0.3, -0.25) is 4.90 Å². The van der Waals surface area contributed by atoms with Gasteiger partial charge in [0.2, 0.25) is 0 Å². The Morgan fingerprint density at radius 3 is 3.00 bits per heavy atom. The van der Waals surface area contributed by atoms with Crippen LogP contribution in [0.5, 0.6) is 0 Å². The maximum Gasteiger partial charge on any atom is 0.109 e. The number of morpholine rings is 1. The third kappa shape index (κ3) is 2.89. The number of ether oxygens (including phenoxy) is 1. The van der Waals surface area contributed by atoms with Gasteiger partial charge in [0.05, 0.1) is 30.3 Å². The van der Waals surface area contributed by atoms with Crippen LogP contribution in [0.25, 0.3) is 11.0 Å². The predicted molar refractivity (Wildman–Crippen MR) is 85.4 cm³/mol. The van der Waals surface area contributed by atoms with Crippen molar-refractivity contribution in [1.82, 2.24) is 14.5 Å². The quantitative estimate of drug-likeness (QED) is 0.873. The summed E-state index contributed by atoms with van der Waals surface area (Å²) >= 11 is 0. The highest BCUT2D eigenvalue weighted by molar-refractivity contribution is 5.79. The van der Waals surface area contributed by atoms with E-state index in [1.807, 2.05) is 12.1 Å². The third-order valence-corrected chi connectivity index (χ3v) is 4.22. The molecule has 1 atom stereocenters. The van der Waals surface area contributed by atoms with E-state index in [1.54, 1.807) is 0 Å². The summed E-state index contributed by atoms with van der Waals surface area (Å²) < 4.78 is 8.23. The van der Waals surface area contributed by atoms with Crippen molar-refractivity contribution >= 4 is 16.7 Å². The number of aryl methyl sites for hydroxylation is 1. The van der Waals surface area contributed by atoms with Gasteiger partial charge in [0, 0.05) is 25.2 Å². The zero-order valence-corrected chi connectivity index (χ0v) is 12.9. The van der Waals surface area contributed by atoms with E-state index in [1.165, 1.54) is 0 Å². The van der Waals surface area contributed by atoms with Gasteiger partial charge < -0.3 is 15.0 Å². The van der Waals surface area contributed by atoms with Crippen LogP contribution >= 0.6 is 0 Å². The van der Waals surface area contributed by atoms with Gasteiger partial charge >= 0.3 is 0 Å². The Balaban J connectivity index is 1.88. The molecule has 1 unspecified atom stereocenters. The van der Waals surface area contributed by atoms with Crippen molar-refractivity contribution in [3.8, 4) is 0 Å². The van der Waals surface area contributed by atoms with Crippen LogP contribution < -0.4 is 5.73 Å². The van der Waals surface area contributed by atoms with Crippen LogP contribution in [0.15, 0.2) is 18.2 Å². The number of hydrogen-bond donors (Lipinski definition) is 1. The van der Waals surface area contributed by atoms with Crippen LogP contribution in [0.2, 0.25) is 0 Å². The van der Waals surface area contributed by atoms with E-state index in [-0.39, 0.29) is 6.10 Å². The van der Waals surface area contributed by atoms with Crippen LogP contribution in [0.1, 0.15) is 19.7 Å². The van der Waals surface area contributed by atoms with Gasteiger partial charge in [-0.05, 0) is 24.7 Å². The third-order valence-electron chi connectivity index (χ3n) is 4.22. The standard InChI is InChI=1S/C16H24N4O/c1-3-16-18-14-9-12(17)5-6-15(14)20(16)11-13-10-19(4-2)7-8-21-13/h5-6,9,13H,3-4,7-8,10-11,17H2,1-2H3. The molecule has 0 aliphatic carbocycles. The summed E-state index contributed by atoms with van der Waals surface area (Å²) in [5, 5.41) is 0. The normalized spacial score (nSPS) is 20.2. The molecule has 1 aliphatic rings. The van der Waals surface area contributed by atoms with Crippen molar-refractivity contribution < 1.29 is 4.74 Å². The molecule has 1 aliphatic heterocycles. The van der Waals surface area contributed by atoms with Gasteiger partial charge in [0.1, 0.15) is 5.82 Å². The molecule has 5 heteroatoms. The highest BCUT2D eigenvalue weighted by Gasteiger charge is 2.21. The number of nitrogen functional groups attached to an aromatic ring is 1. The van der Waals surface area contributed by atoms with Gasteiger partial charge in [-0.25, -0.2) is 4.98 Å². The van der Waals surface area contributed by atoms with Gasteiger partial charge in [-0.2, -0.15) is 0 Å². The highest BCUT2D eigenvalue weighted by Crippen LogP contribution is 2.21. The van der Waals surface area contributed by atoms with Crippen molar-refractivity contribution in [3.63, 3.8) is 0 Å². The Labute approximate surface area is 125 Å². The number of imidazole rings is 1. The first-order valence-corrected chi connectivity index (χ1v) is 7.79. The molecule has 2 aromatic rings. The summed E-state index contributed by atoms with van der Waals surface area (Å²) in [6.45, 7) is 9.14. The smallest absolute Gasteiger partial charge is 0.109 e. The number of anilines is 1. The Morgan fingerprint density at radius 2 is 2.24 bits per heavy atom. The lowest BCUT2D eigenvalue weighted by molar-refractivity contribution is -0.0341. The summed E-state index contributed by atoms with van der Waals surface area (Å²) in [6, 6.07) is 5.96. The number of aromatic nitrogens is 2. The number of nitrogens with two attached hydrogens (primary N) is 1. The molecule has 21 heavy (non-hydrogen) atoms. The molecule has 1 fully saturated rings. The first-order chi connectivity index (χ1) is 10.2. The Morgan fingerprint density at radius 1 is 1.38 bits per heavy atom. The van der Waals surface area contributed by atoms with Crippen molar-refractivity contribution in [2.75, 3.05) is 32.0 Å². The van der Waals surface area contributed by atoms with Gasteiger partial charge in [0.25, 0.3) is 0 Å². The predicted octanol–water partition coefficient (Wildman–Crippen LogP) is 1.90. The molecule has 2 heterocycles. The lowest BCUT2D eigenvalue weighted by Crippen LogP contribution is -2.44. The second kappa shape index (κ2) is 6.03. The molecular weight excluding hydrogens is 264 g/mol. The summed E-state index contributed by atoms with van der Waals surface area (Å²) in [7, 11) is 0. The molecule has 1 saturated heterocycles. The maximum atomic E-state index is 5.94. The van der Waals surface area contributed by atoms with Crippen molar-refractivity contribution in [3.05, 3.63) is 24.0 Å². The number of nitrogens with zero attached hydrogens (tertiary/aromatic N) is 3. The van der Waals surface area contributed by atoms with E-state index in [9.17, 15) is 0 Å². The van der Waals surface area contributed by atoms with Crippen molar-refractivity contribution in [1.29, 1.82) is 0 Å². The summed E-state index contributed by atoms with van der Waals surface area (Å²) in [6.07, 6.45) is 1.15. The maximum absolute atomic E-state index is 5.94. The molecule has 1 aromatic heterocycles. The minimum atomic E-state index is 0.235. The second-order valence-electron chi connectivity index (χ2n) is 5.63. The van der Waals surface area contributed by atoms with Crippen LogP contribution in [0, 0.1) is 0 Å². The summed E-state index contributed by atoms with van der Waals surface area (Å²) in [4.78, 5) is 7.15. The first-order valence-electron chi connectivity index (χ1n) is 7.79. The first kappa shape index (κ1) is 14.4. The zero-order chi connectivity index (χ0) is 14.8. The number of likely N-dealkylation sites (N-methyl/N-ethyl adjacent to an activating group) is 1. The van der Waals surface area contributed by atoms with E-state index in [0.717, 1.165) is 61.8 Å². The molecule has 0 bridgehead atoms. The molecule has 0 amide bonds. The van der Waals surface area contributed by atoms with Crippen LogP contribution in [0.4, 0.5) is 5.69 Å². The van der Waals surface area contributed by atoms with Crippen molar-refractivity contribution in [2.45, 2.75) is 32.9 Å². The molecule has 3 rings (SSSR count). The molecular formula is C16H24N4O. The van der Waals surface area contributed by atoms with E-state index < -0.39 is 0 Å².